The molecule has 6 heteroatoms. The number of hydrogen-bond donors (Lipinski definition) is 0. The average Bonchev–Trinajstić information content (AvgIpc) is 3.02. The Labute approximate surface area is 144 Å². The molecule has 0 spiro atoms. The van der Waals surface area contributed by atoms with Crippen molar-refractivity contribution in [2.45, 2.75) is 25.0 Å². The Morgan fingerprint density at radius 3 is 2.24 bits per heavy atom. The van der Waals surface area contributed by atoms with Crippen LogP contribution in [0.15, 0.2) is 42.5 Å². The molecule has 1 fully saturated rings. The van der Waals surface area contributed by atoms with Crippen LogP contribution in [0.4, 0.5) is 13.2 Å². The van der Waals surface area contributed by atoms with E-state index in [-0.39, 0.29) is 5.91 Å². The van der Waals surface area contributed by atoms with Gasteiger partial charge in [-0.15, -0.1) is 0 Å². The van der Waals surface area contributed by atoms with Crippen LogP contribution in [0.5, 0.6) is 0 Å². The molecular formula is C19H18F3NO2. The molecule has 1 saturated heterocycles. The van der Waals surface area contributed by atoms with Gasteiger partial charge in [0.15, 0.2) is 11.6 Å². The fraction of sp³-hybridized carbons (Fsp3) is 0.316. The van der Waals surface area contributed by atoms with E-state index in [9.17, 15) is 18.0 Å². The van der Waals surface area contributed by atoms with Crippen LogP contribution in [-0.4, -0.2) is 24.5 Å². The van der Waals surface area contributed by atoms with Gasteiger partial charge in [0.1, 0.15) is 11.9 Å². The number of methoxy groups -OCH3 is 1. The van der Waals surface area contributed by atoms with Gasteiger partial charge in [-0.05, 0) is 41.8 Å². The van der Waals surface area contributed by atoms with Crippen molar-refractivity contribution in [2.24, 2.45) is 0 Å². The standard InChI is InChI=1S/C19H18F3NO2/c1-25-19(13-6-9-15(21)16(22)11-13)18(23-10-2-3-17(23)24)12-4-7-14(20)8-5-12/h4-9,11,18-19H,2-3,10H2,1H3/t18-,19+/m1/s1. The van der Waals surface area contributed by atoms with Gasteiger partial charge in [-0.2, -0.15) is 0 Å². The maximum Gasteiger partial charge on any atom is 0.223 e. The highest BCUT2D eigenvalue weighted by atomic mass is 19.2. The maximum atomic E-state index is 13.7. The number of benzene rings is 2. The normalized spacial score (nSPS) is 17.0. The molecule has 1 amide bonds. The molecule has 0 N–H and O–H groups in total. The molecule has 0 aromatic heterocycles. The van der Waals surface area contributed by atoms with Crippen molar-refractivity contribution in [3.05, 3.63) is 71.0 Å². The van der Waals surface area contributed by atoms with Crippen LogP contribution in [-0.2, 0) is 9.53 Å². The molecule has 3 rings (SSSR count). The van der Waals surface area contributed by atoms with Gasteiger partial charge in [-0.3, -0.25) is 4.79 Å². The van der Waals surface area contributed by atoms with E-state index in [1.165, 1.54) is 25.3 Å². The molecule has 25 heavy (non-hydrogen) atoms. The Morgan fingerprint density at radius 1 is 1.00 bits per heavy atom. The number of carbonyl (C=O) groups is 1. The zero-order chi connectivity index (χ0) is 18.0. The topological polar surface area (TPSA) is 29.5 Å². The van der Waals surface area contributed by atoms with Crippen molar-refractivity contribution in [1.82, 2.24) is 4.90 Å². The molecule has 1 aliphatic heterocycles. The minimum Gasteiger partial charge on any atom is -0.374 e. The van der Waals surface area contributed by atoms with E-state index >= 15 is 0 Å². The number of likely N-dealkylation sites (tertiary alicyclic amines) is 1. The second-order valence-corrected chi connectivity index (χ2v) is 6.02. The quantitative estimate of drug-likeness (QED) is 0.811. The number of halogens is 3. The fourth-order valence-electron chi connectivity index (χ4n) is 3.28. The van der Waals surface area contributed by atoms with Gasteiger partial charge in [0, 0.05) is 20.1 Å². The Kier molecular flexibility index (Phi) is 5.08. The SMILES string of the molecule is CO[C@@H](c1ccc(F)c(F)c1)[C@@H](c1ccc(F)cc1)N1CCCC1=O. The van der Waals surface area contributed by atoms with Gasteiger partial charge in [0.05, 0.1) is 6.04 Å². The summed E-state index contributed by atoms with van der Waals surface area (Å²) >= 11 is 0. The smallest absolute Gasteiger partial charge is 0.223 e. The molecule has 1 aliphatic rings. The number of rotatable bonds is 5. The minimum atomic E-state index is -0.981. The van der Waals surface area contributed by atoms with Crippen molar-refractivity contribution in [3.63, 3.8) is 0 Å². The van der Waals surface area contributed by atoms with E-state index < -0.39 is 29.6 Å². The largest absolute Gasteiger partial charge is 0.374 e. The van der Waals surface area contributed by atoms with Crippen LogP contribution in [0.2, 0.25) is 0 Å². The lowest BCUT2D eigenvalue weighted by atomic mass is 9.94. The first-order chi connectivity index (χ1) is 12.0. The highest BCUT2D eigenvalue weighted by Gasteiger charge is 2.36. The van der Waals surface area contributed by atoms with Crippen LogP contribution < -0.4 is 0 Å². The molecule has 0 bridgehead atoms. The van der Waals surface area contributed by atoms with Gasteiger partial charge < -0.3 is 9.64 Å². The van der Waals surface area contributed by atoms with E-state index in [0.717, 1.165) is 12.1 Å². The van der Waals surface area contributed by atoms with E-state index in [0.29, 0.717) is 30.5 Å². The lowest BCUT2D eigenvalue weighted by molar-refractivity contribution is -0.133. The molecule has 0 aliphatic carbocycles. The predicted octanol–water partition coefficient (Wildman–Crippen LogP) is 4.16. The van der Waals surface area contributed by atoms with Crippen LogP contribution in [0, 0.1) is 17.5 Å². The van der Waals surface area contributed by atoms with E-state index in [1.54, 1.807) is 17.0 Å². The van der Waals surface area contributed by atoms with Crippen LogP contribution in [0.25, 0.3) is 0 Å². The van der Waals surface area contributed by atoms with Gasteiger partial charge in [-0.25, -0.2) is 13.2 Å². The third-order valence-corrected chi connectivity index (χ3v) is 4.47. The van der Waals surface area contributed by atoms with Crippen LogP contribution in [0.3, 0.4) is 0 Å². The molecule has 2 aromatic rings. The first kappa shape index (κ1) is 17.5. The summed E-state index contributed by atoms with van der Waals surface area (Å²) in [7, 11) is 1.45. The second kappa shape index (κ2) is 7.27. The number of amides is 1. The van der Waals surface area contributed by atoms with Crippen molar-refractivity contribution in [3.8, 4) is 0 Å². The zero-order valence-corrected chi connectivity index (χ0v) is 13.7. The zero-order valence-electron chi connectivity index (χ0n) is 13.7. The number of carbonyl (C=O) groups excluding carboxylic acids is 1. The molecular weight excluding hydrogens is 331 g/mol. The first-order valence-electron chi connectivity index (χ1n) is 8.04. The number of ether oxygens (including phenoxy) is 1. The maximum absolute atomic E-state index is 13.7. The first-order valence-corrected chi connectivity index (χ1v) is 8.04. The number of hydrogen-bond acceptors (Lipinski definition) is 2. The second-order valence-electron chi connectivity index (χ2n) is 6.02. The summed E-state index contributed by atoms with van der Waals surface area (Å²) in [6, 6.07) is 8.76. The van der Waals surface area contributed by atoms with Crippen LogP contribution >= 0.6 is 0 Å². The fourth-order valence-corrected chi connectivity index (χ4v) is 3.28. The van der Waals surface area contributed by atoms with E-state index in [4.69, 9.17) is 4.74 Å². The summed E-state index contributed by atoms with van der Waals surface area (Å²) in [4.78, 5) is 13.9. The Balaban J connectivity index is 2.05. The molecule has 1 heterocycles. The molecule has 0 saturated carbocycles. The van der Waals surface area contributed by atoms with E-state index in [1.807, 2.05) is 0 Å². The summed E-state index contributed by atoms with van der Waals surface area (Å²) in [5.41, 5.74) is 1.09. The summed E-state index contributed by atoms with van der Waals surface area (Å²) in [5, 5.41) is 0. The summed E-state index contributed by atoms with van der Waals surface area (Å²) in [5.74, 6) is -2.37. The summed E-state index contributed by atoms with van der Waals surface area (Å²) in [6.45, 7) is 0.532. The van der Waals surface area contributed by atoms with Gasteiger partial charge >= 0.3 is 0 Å². The molecule has 3 nitrogen and oxygen atoms in total. The molecule has 2 atom stereocenters. The predicted molar refractivity (Wildman–Crippen MR) is 86.2 cm³/mol. The molecule has 2 aromatic carbocycles. The highest BCUT2D eigenvalue weighted by Crippen LogP contribution is 2.39. The Morgan fingerprint density at radius 2 is 1.68 bits per heavy atom. The summed E-state index contributed by atoms with van der Waals surface area (Å²) < 4.78 is 45.8. The lowest BCUT2D eigenvalue weighted by Crippen LogP contribution is -2.34. The lowest BCUT2D eigenvalue weighted by Gasteiger charge is -2.34. The van der Waals surface area contributed by atoms with Crippen molar-refractivity contribution < 1.29 is 22.7 Å². The summed E-state index contributed by atoms with van der Waals surface area (Å²) in [6.07, 6.45) is 0.430. The van der Waals surface area contributed by atoms with Crippen molar-refractivity contribution in [2.75, 3.05) is 13.7 Å². The van der Waals surface area contributed by atoms with Crippen molar-refractivity contribution >= 4 is 5.91 Å². The molecule has 132 valence electrons. The Bertz CT molecular complexity index is 764. The molecule has 0 radical (unpaired) electrons. The highest BCUT2D eigenvalue weighted by molar-refractivity contribution is 5.78. The van der Waals surface area contributed by atoms with Crippen LogP contribution in [0.1, 0.15) is 36.1 Å². The minimum absolute atomic E-state index is 0.0426. The third kappa shape index (κ3) is 3.54. The van der Waals surface area contributed by atoms with Crippen molar-refractivity contribution in [1.29, 1.82) is 0 Å². The van der Waals surface area contributed by atoms with Gasteiger partial charge in [0.25, 0.3) is 0 Å². The Hall–Kier alpha value is -2.34. The van der Waals surface area contributed by atoms with Gasteiger partial charge in [0.2, 0.25) is 5.91 Å². The molecule has 0 unspecified atom stereocenters. The average molecular weight is 349 g/mol. The van der Waals surface area contributed by atoms with Gasteiger partial charge in [-0.1, -0.05) is 18.2 Å². The number of nitrogens with zero attached hydrogens (tertiary/aromatic N) is 1. The third-order valence-electron chi connectivity index (χ3n) is 4.47. The van der Waals surface area contributed by atoms with E-state index in [2.05, 4.69) is 0 Å². The monoisotopic (exact) mass is 349 g/mol.